The molecule has 3 nitrogen and oxygen atoms in total. The Morgan fingerprint density at radius 3 is 2.30 bits per heavy atom. The first-order valence-corrected chi connectivity index (χ1v) is 7.09. The normalized spacial score (nSPS) is 11.9. The van der Waals surface area contributed by atoms with Crippen LogP contribution in [0, 0.1) is 13.8 Å². The maximum atomic E-state index is 11.5. The van der Waals surface area contributed by atoms with Crippen molar-refractivity contribution in [1.82, 2.24) is 0 Å². The molecule has 104 valence electrons. The molecule has 20 heavy (non-hydrogen) atoms. The third kappa shape index (κ3) is 3.39. The highest BCUT2D eigenvalue weighted by atomic mass is 79.9. The lowest BCUT2D eigenvalue weighted by Gasteiger charge is -2.17. The first-order valence-electron chi connectivity index (χ1n) is 6.29. The molecule has 0 saturated heterocycles. The van der Waals surface area contributed by atoms with Gasteiger partial charge in [0.2, 0.25) is 0 Å². The van der Waals surface area contributed by atoms with Gasteiger partial charge in [0.15, 0.2) is 6.04 Å². The molecular weight excluding hydrogens is 318 g/mol. The van der Waals surface area contributed by atoms with Gasteiger partial charge in [-0.3, -0.25) is 0 Å². The number of benzene rings is 2. The highest BCUT2D eigenvalue weighted by Crippen LogP contribution is 2.23. The molecule has 0 heterocycles. The van der Waals surface area contributed by atoms with Crippen LogP contribution in [0.15, 0.2) is 46.9 Å². The van der Waals surface area contributed by atoms with E-state index < -0.39 is 12.0 Å². The summed E-state index contributed by atoms with van der Waals surface area (Å²) in [5, 5.41) is 12.5. The van der Waals surface area contributed by atoms with Crippen LogP contribution in [-0.2, 0) is 4.79 Å². The number of hydrogen-bond acceptors (Lipinski definition) is 2. The van der Waals surface area contributed by atoms with Crippen LogP contribution in [-0.4, -0.2) is 11.1 Å². The van der Waals surface area contributed by atoms with Crippen molar-refractivity contribution in [3.05, 3.63) is 63.6 Å². The Hall–Kier alpha value is -1.81. The molecule has 2 aromatic rings. The predicted octanol–water partition coefficient (Wildman–Crippen LogP) is 4.30. The summed E-state index contributed by atoms with van der Waals surface area (Å²) in [5.74, 6) is -0.892. The van der Waals surface area contributed by atoms with Gasteiger partial charge in [-0.15, -0.1) is 0 Å². The van der Waals surface area contributed by atoms with Crippen molar-refractivity contribution < 1.29 is 9.90 Å². The van der Waals surface area contributed by atoms with Crippen LogP contribution >= 0.6 is 15.9 Å². The quantitative estimate of drug-likeness (QED) is 0.876. The predicted molar refractivity (Wildman–Crippen MR) is 84.1 cm³/mol. The smallest absolute Gasteiger partial charge is 0.330 e. The third-order valence-corrected chi connectivity index (χ3v) is 3.80. The van der Waals surface area contributed by atoms with Crippen LogP contribution in [0.4, 0.5) is 5.69 Å². The second-order valence-corrected chi connectivity index (χ2v) is 5.68. The van der Waals surface area contributed by atoms with Crippen LogP contribution in [0.2, 0.25) is 0 Å². The van der Waals surface area contributed by atoms with E-state index in [0.29, 0.717) is 0 Å². The second-order valence-electron chi connectivity index (χ2n) is 4.77. The number of carboxylic acids is 1. The minimum atomic E-state index is -0.892. The molecule has 1 unspecified atom stereocenters. The zero-order valence-corrected chi connectivity index (χ0v) is 12.9. The molecular formula is C16H16BrNO2. The fraction of sp³-hybridized carbons (Fsp3) is 0.188. The number of aliphatic carboxylic acids is 1. The van der Waals surface area contributed by atoms with Crippen molar-refractivity contribution in [1.29, 1.82) is 0 Å². The molecule has 0 aliphatic rings. The molecule has 0 saturated carbocycles. The molecule has 0 bridgehead atoms. The number of halogens is 1. The van der Waals surface area contributed by atoms with Crippen molar-refractivity contribution in [2.75, 3.05) is 5.32 Å². The fourth-order valence-electron chi connectivity index (χ4n) is 1.94. The summed E-state index contributed by atoms with van der Waals surface area (Å²) in [7, 11) is 0. The Labute approximate surface area is 126 Å². The lowest BCUT2D eigenvalue weighted by molar-refractivity contribution is -0.138. The van der Waals surface area contributed by atoms with E-state index in [9.17, 15) is 9.90 Å². The maximum Gasteiger partial charge on any atom is 0.330 e. The van der Waals surface area contributed by atoms with Crippen LogP contribution in [0.1, 0.15) is 22.7 Å². The van der Waals surface area contributed by atoms with Gasteiger partial charge in [0.05, 0.1) is 0 Å². The standard InChI is InChI=1S/C16H16BrNO2/c1-10-3-4-12(9-11(10)2)15(16(19)20)18-14-7-5-13(17)6-8-14/h3-9,15,18H,1-2H3,(H,19,20). The average molecular weight is 334 g/mol. The third-order valence-electron chi connectivity index (χ3n) is 3.27. The monoisotopic (exact) mass is 333 g/mol. The van der Waals surface area contributed by atoms with E-state index in [1.54, 1.807) is 0 Å². The van der Waals surface area contributed by atoms with E-state index in [2.05, 4.69) is 21.2 Å². The summed E-state index contributed by atoms with van der Waals surface area (Å²) < 4.78 is 0.959. The van der Waals surface area contributed by atoms with Crippen LogP contribution in [0.5, 0.6) is 0 Å². The van der Waals surface area contributed by atoms with Gasteiger partial charge in [-0.1, -0.05) is 34.1 Å². The van der Waals surface area contributed by atoms with Gasteiger partial charge in [-0.2, -0.15) is 0 Å². The highest BCUT2D eigenvalue weighted by Gasteiger charge is 2.19. The lowest BCUT2D eigenvalue weighted by atomic mass is 10.0. The number of carboxylic acid groups (broad SMARTS) is 1. The summed E-state index contributed by atoms with van der Waals surface area (Å²) in [6.07, 6.45) is 0. The summed E-state index contributed by atoms with van der Waals surface area (Å²) in [6, 6.07) is 12.4. The SMILES string of the molecule is Cc1ccc(C(Nc2ccc(Br)cc2)C(=O)O)cc1C. The Balaban J connectivity index is 2.29. The van der Waals surface area contributed by atoms with Crippen molar-refractivity contribution >= 4 is 27.6 Å². The molecule has 0 aromatic heterocycles. The molecule has 0 amide bonds. The molecule has 2 rings (SSSR count). The zero-order valence-electron chi connectivity index (χ0n) is 11.4. The topological polar surface area (TPSA) is 49.3 Å². The lowest BCUT2D eigenvalue weighted by Crippen LogP contribution is -2.20. The number of carbonyl (C=O) groups is 1. The molecule has 4 heteroatoms. The molecule has 2 N–H and O–H groups in total. The Morgan fingerprint density at radius 2 is 1.75 bits per heavy atom. The zero-order chi connectivity index (χ0) is 14.7. The minimum Gasteiger partial charge on any atom is -0.479 e. The van der Waals surface area contributed by atoms with E-state index in [1.165, 1.54) is 0 Å². The molecule has 0 fully saturated rings. The van der Waals surface area contributed by atoms with E-state index in [-0.39, 0.29) is 0 Å². The maximum absolute atomic E-state index is 11.5. The number of anilines is 1. The largest absolute Gasteiger partial charge is 0.479 e. The molecule has 1 atom stereocenters. The molecule has 0 aliphatic carbocycles. The average Bonchev–Trinajstić information content (AvgIpc) is 2.41. The van der Waals surface area contributed by atoms with Gasteiger partial charge >= 0.3 is 5.97 Å². The minimum absolute atomic E-state index is 0.753. The summed E-state index contributed by atoms with van der Waals surface area (Å²) in [6.45, 7) is 3.99. The molecule has 0 aliphatic heterocycles. The summed E-state index contributed by atoms with van der Waals surface area (Å²) in [4.78, 5) is 11.5. The number of aryl methyl sites for hydroxylation is 2. The van der Waals surface area contributed by atoms with Crippen molar-refractivity contribution in [3.8, 4) is 0 Å². The Morgan fingerprint density at radius 1 is 1.10 bits per heavy atom. The van der Waals surface area contributed by atoms with Crippen molar-refractivity contribution in [2.45, 2.75) is 19.9 Å². The van der Waals surface area contributed by atoms with Crippen LogP contribution in [0.25, 0.3) is 0 Å². The molecule has 0 radical (unpaired) electrons. The van der Waals surface area contributed by atoms with E-state index in [4.69, 9.17) is 0 Å². The van der Waals surface area contributed by atoms with E-state index in [1.807, 2.05) is 56.3 Å². The summed E-state index contributed by atoms with van der Waals surface area (Å²) in [5.41, 5.74) is 3.77. The van der Waals surface area contributed by atoms with Crippen LogP contribution in [0.3, 0.4) is 0 Å². The molecule has 2 aromatic carbocycles. The van der Waals surface area contributed by atoms with E-state index >= 15 is 0 Å². The van der Waals surface area contributed by atoms with Gasteiger partial charge in [0, 0.05) is 10.2 Å². The van der Waals surface area contributed by atoms with Gasteiger partial charge in [-0.05, 0) is 54.8 Å². The van der Waals surface area contributed by atoms with E-state index in [0.717, 1.165) is 26.9 Å². The van der Waals surface area contributed by atoms with Gasteiger partial charge in [0.1, 0.15) is 0 Å². The Bertz CT molecular complexity index is 623. The van der Waals surface area contributed by atoms with Gasteiger partial charge in [0.25, 0.3) is 0 Å². The number of nitrogens with one attached hydrogen (secondary N) is 1. The van der Waals surface area contributed by atoms with Crippen LogP contribution < -0.4 is 5.32 Å². The second kappa shape index (κ2) is 6.09. The fourth-order valence-corrected chi connectivity index (χ4v) is 2.21. The first kappa shape index (κ1) is 14.6. The van der Waals surface area contributed by atoms with Gasteiger partial charge < -0.3 is 10.4 Å². The Kier molecular flexibility index (Phi) is 4.45. The molecule has 0 spiro atoms. The summed E-state index contributed by atoms with van der Waals surface area (Å²) >= 11 is 3.36. The van der Waals surface area contributed by atoms with Crippen molar-refractivity contribution in [2.24, 2.45) is 0 Å². The highest BCUT2D eigenvalue weighted by molar-refractivity contribution is 9.10. The number of rotatable bonds is 4. The van der Waals surface area contributed by atoms with Crippen molar-refractivity contribution in [3.63, 3.8) is 0 Å². The van der Waals surface area contributed by atoms with Gasteiger partial charge in [-0.25, -0.2) is 4.79 Å². The number of hydrogen-bond donors (Lipinski definition) is 2. The first-order chi connectivity index (χ1) is 9.47.